The molecule has 19 heavy (non-hydrogen) atoms. The molecule has 0 atom stereocenters. The first kappa shape index (κ1) is 13.8. The molecule has 5 nitrogen and oxygen atoms in total. The standard InChI is InChI=1S/C12H14FNO4S/c13-9-3-1-4-10(11(9)12(15)16)14-5-2-7-19(17,18)8-6-14/h1,3-4H,2,5-8H2,(H,15,16). The van der Waals surface area contributed by atoms with E-state index in [-0.39, 0.29) is 23.7 Å². The second-order valence-electron chi connectivity index (χ2n) is 4.43. The van der Waals surface area contributed by atoms with Gasteiger partial charge < -0.3 is 10.0 Å². The molecular weight excluding hydrogens is 273 g/mol. The molecule has 0 radical (unpaired) electrons. The average molecular weight is 287 g/mol. The lowest BCUT2D eigenvalue weighted by molar-refractivity contribution is 0.0692. The Morgan fingerprint density at radius 2 is 2.00 bits per heavy atom. The maximum Gasteiger partial charge on any atom is 0.340 e. The highest BCUT2D eigenvalue weighted by atomic mass is 32.2. The van der Waals surface area contributed by atoms with Gasteiger partial charge in [-0.25, -0.2) is 17.6 Å². The van der Waals surface area contributed by atoms with Gasteiger partial charge in [-0.15, -0.1) is 0 Å². The SMILES string of the molecule is O=C(O)c1c(F)cccc1N1CCCS(=O)(=O)CC1. The minimum absolute atomic E-state index is 0.0391. The zero-order valence-corrected chi connectivity index (χ0v) is 11.0. The zero-order chi connectivity index (χ0) is 14.0. The molecule has 0 unspecified atom stereocenters. The van der Waals surface area contributed by atoms with Crippen LogP contribution in [0.1, 0.15) is 16.8 Å². The minimum Gasteiger partial charge on any atom is -0.478 e. The highest BCUT2D eigenvalue weighted by Crippen LogP contribution is 2.24. The summed E-state index contributed by atoms with van der Waals surface area (Å²) in [7, 11) is -3.09. The third-order valence-corrected chi connectivity index (χ3v) is 4.82. The van der Waals surface area contributed by atoms with E-state index in [0.717, 1.165) is 6.07 Å². The smallest absolute Gasteiger partial charge is 0.340 e. The molecule has 1 N–H and O–H groups in total. The quantitative estimate of drug-likeness (QED) is 0.883. The van der Waals surface area contributed by atoms with E-state index in [1.165, 1.54) is 12.1 Å². The Labute approximate surface area is 110 Å². The summed E-state index contributed by atoms with van der Waals surface area (Å²) in [5.41, 5.74) is -0.161. The fourth-order valence-electron chi connectivity index (χ4n) is 2.17. The topological polar surface area (TPSA) is 74.7 Å². The van der Waals surface area contributed by atoms with E-state index in [2.05, 4.69) is 0 Å². The number of rotatable bonds is 2. The lowest BCUT2D eigenvalue weighted by Crippen LogP contribution is -2.28. The zero-order valence-electron chi connectivity index (χ0n) is 10.2. The molecule has 0 saturated carbocycles. The Morgan fingerprint density at radius 1 is 1.26 bits per heavy atom. The van der Waals surface area contributed by atoms with Gasteiger partial charge in [0.1, 0.15) is 11.4 Å². The molecule has 7 heteroatoms. The van der Waals surface area contributed by atoms with Crippen LogP contribution < -0.4 is 4.90 Å². The van der Waals surface area contributed by atoms with Crippen LogP contribution >= 0.6 is 0 Å². The van der Waals surface area contributed by atoms with Crippen molar-refractivity contribution in [2.45, 2.75) is 6.42 Å². The molecule has 0 aromatic heterocycles. The first-order valence-electron chi connectivity index (χ1n) is 5.88. The van der Waals surface area contributed by atoms with Gasteiger partial charge in [-0.3, -0.25) is 0 Å². The van der Waals surface area contributed by atoms with Crippen molar-refractivity contribution in [2.24, 2.45) is 0 Å². The number of benzene rings is 1. The number of sulfone groups is 1. The molecule has 1 heterocycles. The summed E-state index contributed by atoms with van der Waals surface area (Å²) in [5.74, 6) is -2.11. The molecule has 2 rings (SSSR count). The number of hydrogen-bond donors (Lipinski definition) is 1. The van der Waals surface area contributed by atoms with Gasteiger partial charge in [0.05, 0.1) is 17.2 Å². The van der Waals surface area contributed by atoms with Gasteiger partial charge in [-0.05, 0) is 18.6 Å². The lowest BCUT2D eigenvalue weighted by Gasteiger charge is -2.23. The lowest BCUT2D eigenvalue weighted by atomic mass is 10.1. The van der Waals surface area contributed by atoms with Gasteiger partial charge in [0, 0.05) is 13.1 Å². The molecule has 0 aliphatic carbocycles. The number of carboxylic acid groups (broad SMARTS) is 1. The maximum absolute atomic E-state index is 13.6. The predicted octanol–water partition coefficient (Wildman–Crippen LogP) is 1.15. The number of anilines is 1. The van der Waals surface area contributed by atoms with Crippen LogP contribution in [0.25, 0.3) is 0 Å². The van der Waals surface area contributed by atoms with E-state index in [1.807, 2.05) is 0 Å². The second-order valence-corrected chi connectivity index (χ2v) is 6.74. The van der Waals surface area contributed by atoms with Crippen molar-refractivity contribution in [2.75, 3.05) is 29.5 Å². The van der Waals surface area contributed by atoms with E-state index in [4.69, 9.17) is 5.11 Å². The van der Waals surface area contributed by atoms with Gasteiger partial charge in [-0.1, -0.05) is 6.07 Å². The van der Waals surface area contributed by atoms with E-state index in [9.17, 15) is 17.6 Å². The molecule has 0 amide bonds. The van der Waals surface area contributed by atoms with E-state index >= 15 is 0 Å². The summed E-state index contributed by atoms with van der Waals surface area (Å²) in [6.07, 6.45) is 0.415. The number of halogens is 1. The Balaban J connectivity index is 2.37. The summed E-state index contributed by atoms with van der Waals surface area (Å²) in [6, 6.07) is 4.02. The molecule has 0 spiro atoms. The summed E-state index contributed by atoms with van der Waals surface area (Å²) in [6.45, 7) is 0.592. The molecule has 104 valence electrons. The van der Waals surface area contributed by atoms with Crippen molar-refractivity contribution in [1.82, 2.24) is 0 Å². The number of hydrogen-bond acceptors (Lipinski definition) is 4. The number of carboxylic acids is 1. The highest BCUT2D eigenvalue weighted by Gasteiger charge is 2.24. The van der Waals surface area contributed by atoms with Crippen molar-refractivity contribution < 1.29 is 22.7 Å². The minimum atomic E-state index is -3.09. The van der Waals surface area contributed by atoms with Crippen LogP contribution in [0.4, 0.5) is 10.1 Å². The summed E-state index contributed by atoms with van der Waals surface area (Å²) in [5, 5.41) is 9.07. The highest BCUT2D eigenvalue weighted by molar-refractivity contribution is 7.91. The van der Waals surface area contributed by atoms with Crippen molar-refractivity contribution in [3.05, 3.63) is 29.6 Å². The van der Waals surface area contributed by atoms with Crippen molar-refractivity contribution >= 4 is 21.5 Å². The van der Waals surface area contributed by atoms with Crippen LogP contribution in [0.3, 0.4) is 0 Å². The van der Waals surface area contributed by atoms with E-state index in [1.54, 1.807) is 4.90 Å². The van der Waals surface area contributed by atoms with Crippen molar-refractivity contribution in [1.29, 1.82) is 0 Å². The third kappa shape index (κ3) is 3.04. The summed E-state index contributed by atoms with van der Waals surface area (Å²) in [4.78, 5) is 12.7. The monoisotopic (exact) mass is 287 g/mol. The fraction of sp³-hybridized carbons (Fsp3) is 0.417. The van der Waals surface area contributed by atoms with Gasteiger partial charge in [0.15, 0.2) is 9.84 Å². The van der Waals surface area contributed by atoms with Crippen LogP contribution in [0, 0.1) is 5.82 Å². The Bertz CT molecular complexity index is 600. The normalized spacial score (nSPS) is 18.9. The molecule has 1 fully saturated rings. The molecule has 1 saturated heterocycles. The summed E-state index contributed by atoms with van der Waals surface area (Å²) < 4.78 is 36.6. The van der Waals surface area contributed by atoms with Gasteiger partial charge >= 0.3 is 5.97 Å². The second kappa shape index (κ2) is 5.16. The van der Waals surface area contributed by atoms with Crippen LogP contribution in [-0.2, 0) is 9.84 Å². The molecule has 1 aliphatic heterocycles. The van der Waals surface area contributed by atoms with Gasteiger partial charge in [0.25, 0.3) is 0 Å². The van der Waals surface area contributed by atoms with Crippen molar-refractivity contribution in [3.63, 3.8) is 0 Å². The van der Waals surface area contributed by atoms with Crippen molar-refractivity contribution in [3.8, 4) is 0 Å². The largest absolute Gasteiger partial charge is 0.478 e. The number of aromatic carboxylic acids is 1. The molecule has 1 aromatic rings. The molecular formula is C12H14FNO4S. The Hall–Kier alpha value is -1.63. The fourth-order valence-corrected chi connectivity index (χ4v) is 3.44. The first-order chi connectivity index (χ1) is 8.91. The van der Waals surface area contributed by atoms with Crippen LogP contribution in [0.15, 0.2) is 18.2 Å². The first-order valence-corrected chi connectivity index (χ1v) is 7.70. The number of nitrogens with zero attached hydrogens (tertiary/aromatic N) is 1. The Kier molecular flexibility index (Phi) is 3.75. The molecule has 0 bridgehead atoms. The van der Waals surface area contributed by atoms with Crippen LogP contribution in [0.2, 0.25) is 0 Å². The van der Waals surface area contributed by atoms with Gasteiger partial charge in [0.2, 0.25) is 0 Å². The van der Waals surface area contributed by atoms with Crippen LogP contribution in [-0.4, -0.2) is 44.1 Å². The average Bonchev–Trinajstić information content (AvgIpc) is 2.49. The third-order valence-electron chi connectivity index (χ3n) is 3.10. The van der Waals surface area contributed by atoms with Gasteiger partial charge in [-0.2, -0.15) is 0 Å². The maximum atomic E-state index is 13.6. The number of carbonyl (C=O) groups is 1. The predicted molar refractivity (Wildman–Crippen MR) is 68.8 cm³/mol. The molecule has 1 aliphatic rings. The van der Waals surface area contributed by atoms with E-state index < -0.39 is 27.2 Å². The van der Waals surface area contributed by atoms with E-state index in [0.29, 0.717) is 13.0 Å². The summed E-state index contributed by atoms with van der Waals surface area (Å²) >= 11 is 0. The van der Waals surface area contributed by atoms with Crippen LogP contribution in [0.5, 0.6) is 0 Å². The molecule has 1 aromatic carbocycles. The Morgan fingerprint density at radius 3 is 2.68 bits per heavy atom.